The molecule has 2 aromatic rings. The van der Waals surface area contributed by atoms with Gasteiger partial charge in [0.1, 0.15) is 12.4 Å². The maximum atomic E-state index is 12.6. The molecular weight excluding hydrogens is 328 g/mol. The number of benzene rings is 1. The van der Waals surface area contributed by atoms with Crippen molar-refractivity contribution >= 4 is 22.8 Å². The normalized spacial score (nSPS) is 14.4. The zero-order chi connectivity index (χ0) is 18.4. The highest BCUT2D eigenvalue weighted by molar-refractivity contribution is 5.87. The Morgan fingerprint density at radius 1 is 1.23 bits per heavy atom. The molecule has 2 heterocycles. The van der Waals surface area contributed by atoms with Crippen LogP contribution in [0.2, 0.25) is 0 Å². The Balaban J connectivity index is 1.70. The standard InChI is InChI=1S/C20H26N4O2/c1-2-8-19(25)21-12-7-11-18-22-16-9-3-4-10-17(16)24(18)15-20(26)23-13-5-6-14-23/h2-4,8-10H,5-7,11-15H2,1H3,(H,21,25)/b8-2-. The summed E-state index contributed by atoms with van der Waals surface area (Å²) in [6.07, 6.45) is 6.93. The minimum absolute atomic E-state index is 0.0785. The van der Waals surface area contributed by atoms with Crippen molar-refractivity contribution in [2.24, 2.45) is 0 Å². The van der Waals surface area contributed by atoms with E-state index in [1.54, 1.807) is 6.08 Å². The summed E-state index contributed by atoms with van der Waals surface area (Å²) >= 11 is 0. The van der Waals surface area contributed by atoms with Crippen molar-refractivity contribution in [1.82, 2.24) is 19.8 Å². The lowest BCUT2D eigenvalue weighted by molar-refractivity contribution is -0.130. The number of aromatic nitrogens is 2. The summed E-state index contributed by atoms with van der Waals surface area (Å²) < 4.78 is 2.03. The third-order valence-electron chi connectivity index (χ3n) is 4.68. The Bertz CT molecular complexity index is 803. The minimum atomic E-state index is -0.0785. The van der Waals surface area contributed by atoms with E-state index < -0.39 is 0 Å². The summed E-state index contributed by atoms with van der Waals surface area (Å²) in [4.78, 5) is 30.7. The van der Waals surface area contributed by atoms with Gasteiger partial charge in [-0.1, -0.05) is 18.2 Å². The topological polar surface area (TPSA) is 67.2 Å². The first kappa shape index (κ1) is 18.2. The van der Waals surface area contributed by atoms with Crippen LogP contribution in [0.15, 0.2) is 36.4 Å². The third-order valence-corrected chi connectivity index (χ3v) is 4.68. The number of amides is 2. The Morgan fingerprint density at radius 3 is 2.77 bits per heavy atom. The summed E-state index contributed by atoms with van der Waals surface area (Å²) in [5.74, 6) is 0.984. The van der Waals surface area contributed by atoms with Crippen LogP contribution in [0.3, 0.4) is 0 Å². The smallest absolute Gasteiger partial charge is 0.243 e. The molecule has 0 aliphatic carbocycles. The number of carbonyl (C=O) groups is 2. The van der Waals surface area contributed by atoms with Crippen LogP contribution in [0, 0.1) is 0 Å². The number of nitrogens with zero attached hydrogens (tertiary/aromatic N) is 3. The van der Waals surface area contributed by atoms with Gasteiger partial charge < -0.3 is 14.8 Å². The van der Waals surface area contributed by atoms with Crippen molar-refractivity contribution < 1.29 is 9.59 Å². The van der Waals surface area contributed by atoms with Crippen molar-refractivity contribution in [3.8, 4) is 0 Å². The summed E-state index contributed by atoms with van der Waals surface area (Å²) in [6, 6.07) is 7.92. The van der Waals surface area contributed by atoms with Crippen molar-refractivity contribution in [1.29, 1.82) is 0 Å². The van der Waals surface area contributed by atoms with Gasteiger partial charge in [0, 0.05) is 26.1 Å². The monoisotopic (exact) mass is 354 g/mol. The van der Waals surface area contributed by atoms with Gasteiger partial charge in [-0.3, -0.25) is 9.59 Å². The van der Waals surface area contributed by atoms with E-state index in [0.717, 1.165) is 55.6 Å². The van der Waals surface area contributed by atoms with Crippen molar-refractivity contribution in [3.63, 3.8) is 0 Å². The quantitative estimate of drug-likeness (QED) is 0.613. The molecule has 0 spiro atoms. The van der Waals surface area contributed by atoms with Crippen LogP contribution < -0.4 is 5.32 Å². The average molecular weight is 354 g/mol. The average Bonchev–Trinajstić information content (AvgIpc) is 3.28. The number of fused-ring (bicyclic) bond motifs is 1. The maximum Gasteiger partial charge on any atom is 0.243 e. The summed E-state index contributed by atoms with van der Waals surface area (Å²) in [5, 5.41) is 2.85. The van der Waals surface area contributed by atoms with Crippen LogP contribution in [0.25, 0.3) is 11.0 Å². The second-order valence-electron chi connectivity index (χ2n) is 6.59. The van der Waals surface area contributed by atoms with Crippen LogP contribution in [0.1, 0.15) is 32.0 Å². The Hall–Kier alpha value is -2.63. The Morgan fingerprint density at radius 2 is 2.00 bits per heavy atom. The van der Waals surface area contributed by atoms with E-state index >= 15 is 0 Å². The van der Waals surface area contributed by atoms with Crippen LogP contribution in [-0.2, 0) is 22.6 Å². The van der Waals surface area contributed by atoms with Gasteiger partial charge in [0.05, 0.1) is 11.0 Å². The first-order chi connectivity index (χ1) is 12.7. The van der Waals surface area contributed by atoms with Crippen LogP contribution in [0.5, 0.6) is 0 Å². The minimum Gasteiger partial charge on any atom is -0.353 e. The zero-order valence-corrected chi connectivity index (χ0v) is 15.3. The van der Waals surface area contributed by atoms with Crippen molar-refractivity contribution in [3.05, 3.63) is 42.2 Å². The number of rotatable bonds is 7. The number of likely N-dealkylation sites (tertiary alicyclic amines) is 1. The number of carbonyl (C=O) groups excluding carboxylic acids is 2. The molecule has 2 amide bonds. The number of aryl methyl sites for hydroxylation is 1. The maximum absolute atomic E-state index is 12.6. The lowest BCUT2D eigenvalue weighted by atomic mass is 10.3. The molecule has 1 saturated heterocycles. The number of hydrogen-bond donors (Lipinski definition) is 1. The van der Waals surface area contributed by atoms with E-state index in [4.69, 9.17) is 4.98 Å². The van der Waals surface area contributed by atoms with E-state index in [0.29, 0.717) is 13.1 Å². The van der Waals surface area contributed by atoms with Gasteiger partial charge in [0.15, 0.2) is 0 Å². The van der Waals surface area contributed by atoms with E-state index in [1.165, 1.54) is 6.08 Å². The van der Waals surface area contributed by atoms with E-state index in [1.807, 2.05) is 40.7 Å². The molecule has 26 heavy (non-hydrogen) atoms. The highest BCUT2D eigenvalue weighted by Crippen LogP contribution is 2.18. The molecule has 1 aromatic carbocycles. The van der Waals surface area contributed by atoms with Gasteiger partial charge in [-0.25, -0.2) is 4.98 Å². The molecule has 0 atom stereocenters. The number of allylic oxidation sites excluding steroid dienone is 1. The SMILES string of the molecule is C/C=C\C(=O)NCCCc1nc2ccccc2n1CC(=O)N1CCCC1. The first-order valence-electron chi connectivity index (χ1n) is 9.31. The molecule has 0 unspecified atom stereocenters. The van der Waals surface area contributed by atoms with Gasteiger partial charge in [-0.05, 0) is 44.4 Å². The Kier molecular flexibility index (Phi) is 6.04. The van der Waals surface area contributed by atoms with Gasteiger partial charge in [-0.2, -0.15) is 0 Å². The fraction of sp³-hybridized carbons (Fsp3) is 0.450. The predicted molar refractivity (Wildman–Crippen MR) is 102 cm³/mol. The summed E-state index contributed by atoms with van der Waals surface area (Å²) in [7, 11) is 0. The van der Waals surface area contributed by atoms with Gasteiger partial charge in [0.25, 0.3) is 0 Å². The molecule has 3 rings (SSSR count). The third kappa shape index (κ3) is 4.31. The first-order valence-corrected chi connectivity index (χ1v) is 9.31. The van der Waals surface area contributed by atoms with E-state index in [9.17, 15) is 9.59 Å². The molecule has 138 valence electrons. The molecule has 0 radical (unpaired) electrons. The van der Waals surface area contributed by atoms with Crippen LogP contribution in [0.4, 0.5) is 0 Å². The molecule has 1 fully saturated rings. The molecule has 1 aromatic heterocycles. The molecule has 1 aliphatic heterocycles. The number of imidazole rings is 1. The van der Waals surface area contributed by atoms with E-state index in [-0.39, 0.29) is 11.8 Å². The van der Waals surface area contributed by atoms with Crippen molar-refractivity contribution in [2.45, 2.75) is 39.2 Å². The molecular formula is C20H26N4O2. The van der Waals surface area contributed by atoms with E-state index in [2.05, 4.69) is 5.32 Å². The largest absolute Gasteiger partial charge is 0.353 e. The van der Waals surface area contributed by atoms with Crippen LogP contribution >= 0.6 is 0 Å². The fourth-order valence-corrected chi connectivity index (χ4v) is 3.36. The fourth-order valence-electron chi connectivity index (χ4n) is 3.36. The molecule has 6 nitrogen and oxygen atoms in total. The Labute approximate surface area is 153 Å². The van der Waals surface area contributed by atoms with Gasteiger partial charge in [0.2, 0.25) is 11.8 Å². The predicted octanol–water partition coefficient (Wildman–Crippen LogP) is 2.28. The van der Waals surface area contributed by atoms with Crippen molar-refractivity contribution in [2.75, 3.05) is 19.6 Å². The number of para-hydroxylation sites is 2. The summed E-state index contributed by atoms with van der Waals surface area (Å²) in [6.45, 7) is 4.46. The summed E-state index contributed by atoms with van der Waals surface area (Å²) in [5.41, 5.74) is 1.91. The highest BCUT2D eigenvalue weighted by atomic mass is 16.2. The number of nitrogens with one attached hydrogen (secondary N) is 1. The molecule has 1 N–H and O–H groups in total. The zero-order valence-electron chi connectivity index (χ0n) is 15.3. The molecule has 0 bridgehead atoms. The van der Waals surface area contributed by atoms with Gasteiger partial charge in [-0.15, -0.1) is 0 Å². The van der Waals surface area contributed by atoms with Gasteiger partial charge >= 0.3 is 0 Å². The lowest BCUT2D eigenvalue weighted by Crippen LogP contribution is -2.31. The second kappa shape index (κ2) is 8.65. The molecule has 6 heteroatoms. The second-order valence-corrected chi connectivity index (χ2v) is 6.59. The molecule has 0 saturated carbocycles. The highest BCUT2D eigenvalue weighted by Gasteiger charge is 2.20. The number of hydrogen-bond acceptors (Lipinski definition) is 3. The lowest BCUT2D eigenvalue weighted by Gasteiger charge is -2.17. The van der Waals surface area contributed by atoms with Crippen LogP contribution in [-0.4, -0.2) is 45.9 Å². The molecule has 1 aliphatic rings.